The molecule has 1 atom stereocenters. The minimum atomic E-state index is -0.727. The second-order valence-electron chi connectivity index (χ2n) is 7.86. The molecular weight excluding hydrogens is 475 g/mol. The Hall–Kier alpha value is -3.88. The number of benzene rings is 3. The van der Waals surface area contributed by atoms with Gasteiger partial charge in [0.15, 0.2) is 6.61 Å². The molecule has 0 aliphatic carbocycles. The number of nitrogens with zero attached hydrogens (tertiary/aromatic N) is 1. The van der Waals surface area contributed by atoms with Gasteiger partial charge < -0.3 is 10.1 Å². The summed E-state index contributed by atoms with van der Waals surface area (Å²) in [6.45, 7) is -0.176. The van der Waals surface area contributed by atoms with Gasteiger partial charge in [0.25, 0.3) is 5.91 Å². The van der Waals surface area contributed by atoms with Crippen LogP contribution < -0.4 is 10.2 Å². The first kappa shape index (κ1) is 24.3. The normalized spacial score (nSPS) is 15.4. The van der Waals surface area contributed by atoms with E-state index in [1.807, 2.05) is 0 Å². The summed E-state index contributed by atoms with van der Waals surface area (Å²) in [5.41, 5.74) is 1.51. The van der Waals surface area contributed by atoms with E-state index in [1.54, 1.807) is 36.4 Å². The van der Waals surface area contributed by atoms with Crippen LogP contribution >= 0.6 is 11.6 Å². The Bertz CT molecular complexity index is 1280. The van der Waals surface area contributed by atoms with Crippen molar-refractivity contribution in [2.24, 2.45) is 0 Å². The molecule has 7 nitrogen and oxygen atoms in total. The van der Waals surface area contributed by atoms with Gasteiger partial charge in [-0.15, -0.1) is 0 Å². The fourth-order valence-corrected chi connectivity index (χ4v) is 3.87. The zero-order valence-corrected chi connectivity index (χ0v) is 19.1. The number of amides is 2. The van der Waals surface area contributed by atoms with Gasteiger partial charge in [-0.25, -0.2) is 14.1 Å². The maximum Gasteiger partial charge on any atom is 0.338 e. The first-order valence-electron chi connectivity index (χ1n) is 10.7. The van der Waals surface area contributed by atoms with Crippen molar-refractivity contribution in [3.05, 3.63) is 100 Å². The number of esters is 1. The van der Waals surface area contributed by atoms with Crippen LogP contribution in [0.3, 0.4) is 0 Å². The van der Waals surface area contributed by atoms with Crippen LogP contribution in [0, 0.1) is 5.82 Å². The summed E-state index contributed by atoms with van der Waals surface area (Å²) >= 11 is 5.98. The van der Waals surface area contributed by atoms with Crippen LogP contribution in [0.4, 0.5) is 10.1 Å². The number of Topliss-reactive ketones (excluding diaryl/α,β-unsaturated/α-hetero) is 1. The lowest BCUT2D eigenvalue weighted by Crippen LogP contribution is -2.38. The maximum atomic E-state index is 13.0. The van der Waals surface area contributed by atoms with Crippen LogP contribution in [0.2, 0.25) is 5.02 Å². The van der Waals surface area contributed by atoms with Gasteiger partial charge in [-0.05, 0) is 54.1 Å². The third kappa shape index (κ3) is 5.62. The van der Waals surface area contributed by atoms with Gasteiger partial charge in [0.1, 0.15) is 5.82 Å². The van der Waals surface area contributed by atoms with Crippen molar-refractivity contribution in [2.45, 2.75) is 19.0 Å². The fourth-order valence-electron chi connectivity index (χ4n) is 3.63. The van der Waals surface area contributed by atoms with Crippen LogP contribution in [0.5, 0.6) is 0 Å². The minimum Gasteiger partial charge on any atom is -0.454 e. The van der Waals surface area contributed by atoms with Gasteiger partial charge in [-0.3, -0.25) is 14.4 Å². The molecule has 2 amide bonds. The molecular formula is C26H20ClFN2O5. The number of carbonyl (C=O) groups is 4. The number of imide groups is 1. The van der Waals surface area contributed by atoms with E-state index in [2.05, 4.69) is 5.32 Å². The van der Waals surface area contributed by atoms with Gasteiger partial charge >= 0.3 is 5.97 Å². The number of ketones is 1. The van der Waals surface area contributed by atoms with Crippen molar-refractivity contribution in [3.8, 4) is 0 Å². The summed E-state index contributed by atoms with van der Waals surface area (Å²) < 4.78 is 18.1. The van der Waals surface area contributed by atoms with Crippen molar-refractivity contribution in [3.63, 3.8) is 0 Å². The maximum absolute atomic E-state index is 13.0. The van der Waals surface area contributed by atoms with E-state index in [0.717, 1.165) is 10.5 Å². The summed E-state index contributed by atoms with van der Waals surface area (Å²) in [4.78, 5) is 50.9. The van der Waals surface area contributed by atoms with Crippen molar-refractivity contribution >= 4 is 40.9 Å². The minimum absolute atomic E-state index is 0.0199. The van der Waals surface area contributed by atoms with E-state index in [0.29, 0.717) is 12.2 Å². The predicted molar refractivity (Wildman–Crippen MR) is 127 cm³/mol. The molecule has 178 valence electrons. The number of hydrogen-bond acceptors (Lipinski definition) is 6. The van der Waals surface area contributed by atoms with E-state index < -0.39 is 30.3 Å². The number of carbonyl (C=O) groups excluding carboxylic acids is 4. The van der Waals surface area contributed by atoms with E-state index >= 15 is 0 Å². The van der Waals surface area contributed by atoms with E-state index in [-0.39, 0.29) is 34.3 Å². The molecule has 4 rings (SSSR count). The van der Waals surface area contributed by atoms with Crippen molar-refractivity contribution < 1.29 is 28.3 Å². The summed E-state index contributed by atoms with van der Waals surface area (Å²) in [6.07, 6.45) is -0.0199. The first-order chi connectivity index (χ1) is 16.8. The van der Waals surface area contributed by atoms with Gasteiger partial charge in [-0.1, -0.05) is 35.9 Å². The molecule has 0 spiro atoms. The molecule has 1 aliphatic rings. The van der Waals surface area contributed by atoms with E-state index in [9.17, 15) is 23.6 Å². The highest BCUT2D eigenvalue weighted by atomic mass is 35.5. The fraction of sp³-hybridized carbons (Fsp3) is 0.154. The van der Waals surface area contributed by atoms with Crippen LogP contribution in [-0.2, 0) is 20.9 Å². The molecule has 1 unspecified atom stereocenters. The highest BCUT2D eigenvalue weighted by Gasteiger charge is 2.39. The Kier molecular flexibility index (Phi) is 7.33. The standard InChI is InChI=1S/C26H20ClFN2O5/c27-21-4-2-1-3-20(21)23(31)15-35-26(34)17-7-11-19(12-8-17)30-24(32)13-22(25(30)33)29-14-16-5-9-18(28)10-6-16/h1-12,22,29H,13-15H2. The predicted octanol–water partition coefficient (Wildman–Crippen LogP) is 3.94. The highest BCUT2D eigenvalue weighted by molar-refractivity contribution is 6.34. The molecule has 3 aromatic rings. The molecule has 0 bridgehead atoms. The molecule has 0 aromatic heterocycles. The van der Waals surface area contributed by atoms with Crippen molar-refractivity contribution in [1.29, 1.82) is 0 Å². The summed E-state index contributed by atoms with van der Waals surface area (Å²) in [5, 5.41) is 3.29. The molecule has 3 aromatic carbocycles. The largest absolute Gasteiger partial charge is 0.454 e. The third-order valence-electron chi connectivity index (χ3n) is 5.48. The zero-order chi connectivity index (χ0) is 24.9. The lowest BCUT2D eigenvalue weighted by atomic mass is 10.1. The Morgan fingerprint density at radius 1 is 1.00 bits per heavy atom. The zero-order valence-electron chi connectivity index (χ0n) is 18.4. The van der Waals surface area contributed by atoms with Crippen LogP contribution in [0.25, 0.3) is 0 Å². The number of halogens is 2. The van der Waals surface area contributed by atoms with Crippen LogP contribution in [0.15, 0.2) is 72.8 Å². The molecule has 1 heterocycles. The lowest BCUT2D eigenvalue weighted by Gasteiger charge is -2.16. The Labute approximate surface area is 205 Å². The smallest absolute Gasteiger partial charge is 0.338 e. The Morgan fingerprint density at radius 3 is 2.37 bits per heavy atom. The molecule has 1 saturated heterocycles. The number of nitrogens with one attached hydrogen (secondary N) is 1. The van der Waals surface area contributed by atoms with E-state index in [1.165, 1.54) is 36.4 Å². The molecule has 9 heteroatoms. The molecule has 1 fully saturated rings. The third-order valence-corrected chi connectivity index (χ3v) is 5.81. The van der Waals surface area contributed by atoms with Gasteiger partial charge in [0.05, 0.1) is 28.7 Å². The Morgan fingerprint density at radius 2 is 1.69 bits per heavy atom. The average molecular weight is 495 g/mol. The number of hydrogen-bond donors (Lipinski definition) is 1. The first-order valence-corrected chi connectivity index (χ1v) is 11.1. The second kappa shape index (κ2) is 10.6. The van der Waals surface area contributed by atoms with Crippen molar-refractivity contribution in [1.82, 2.24) is 5.32 Å². The second-order valence-corrected chi connectivity index (χ2v) is 8.26. The lowest BCUT2D eigenvalue weighted by molar-refractivity contribution is -0.121. The van der Waals surface area contributed by atoms with Gasteiger partial charge in [0.2, 0.25) is 11.7 Å². The van der Waals surface area contributed by atoms with Gasteiger partial charge in [0, 0.05) is 12.1 Å². The molecule has 0 radical (unpaired) electrons. The molecule has 1 aliphatic heterocycles. The molecule has 0 saturated carbocycles. The topological polar surface area (TPSA) is 92.8 Å². The number of ether oxygens (including phenoxy) is 1. The molecule has 1 N–H and O–H groups in total. The van der Waals surface area contributed by atoms with Crippen molar-refractivity contribution in [2.75, 3.05) is 11.5 Å². The number of rotatable bonds is 8. The summed E-state index contributed by atoms with van der Waals surface area (Å²) in [6, 6.07) is 17.3. The van der Waals surface area contributed by atoms with Crippen LogP contribution in [0.1, 0.15) is 32.7 Å². The Balaban J connectivity index is 1.35. The van der Waals surface area contributed by atoms with Gasteiger partial charge in [-0.2, -0.15) is 0 Å². The quantitative estimate of drug-likeness (QED) is 0.290. The van der Waals surface area contributed by atoms with E-state index in [4.69, 9.17) is 16.3 Å². The molecule has 35 heavy (non-hydrogen) atoms. The monoisotopic (exact) mass is 494 g/mol. The summed E-state index contributed by atoms with van der Waals surface area (Å²) in [7, 11) is 0. The SMILES string of the molecule is O=C(OCC(=O)c1ccccc1Cl)c1ccc(N2C(=O)CC(NCc3ccc(F)cc3)C2=O)cc1. The number of anilines is 1. The van der Waals surface area contributed by atoms with Crippen LogP contribution in [-0.4, -0.2) is 36.2 Å². The highest BCUT2D eigenvalue weighted by Crippen LogP contribution is 2.24. The summed E-state index contributed by atoms with van der Waals surface area (Å²) in [5.74, 6) is -2.32. The average Bonchev–Trinajstić information content (AvgIpc) is 3.15.